The van der Waals surface area contributed by atoms with Crippen LogP contribution in [0.4, 0.5) is 0 Å². The van der Waals surface area contributed by atoms with Crippen LogP contribution in [-0.2, 0) is 11.2 Å². The number of methoxy groups -OCH3 is 1. The highest BCUT2D eigenvalue weighted by atomic mass is 16.5. The molecule has 0 N–H and O–H groups in total. The number of hydrogen-bond acceptors (Lipinski definition) is 2. The van der Waals surface area contributed by atoms with Crippen molar-refractivity contribution >= 4 is 5.97 Å². The summed E-state index contributed by atoms with van der Waals surface area (Å²) in [5, 5.41) is 0. The second-order valence-corrected chi connectivity index (χ2v) is 3.38. The van der Waals surface area contributed by atoms with Crippen LogP contribution in [0.3, 0.4) is 0 Å². The topological polar surface area (TPSA) is 26.3 Å². The molecule has 1 rings (SSSR count). The lowest BCUT2D eigenvalue weighted by Crippen LogP contribution is -2.02. The van der Waals surface area contributed by atoms with Crippen LogP contribution in [0, 0.1) is 6.92 Å². The Kier molecular flexibility index (Phi) is 3.69. The molecule has 0 spiro atoms. The van der Waals surface area contributed by atoms with E-state index in [1.54, 1.807) is 0 Å². The molecule has 0 unspecified atom stereocenters. The molecule has 0 radical (unpaired) electrons. The van der Waals surface area contributed by atoms with Gasteiger partial charge in [0.25, 0.3) is 0 Å². The van der Waals surface area contributed by atoms with Crippen molar-refractivity contribution in [2.45, 2.75) is 26.7 Å². The Morgan fingerprint density at radius 3 is 2.64 bits per heavy atom. The molecule has 0 aliphatic heterocycles. The Bertz CT molecular complexity index is 329. The van der Waals surface area contributed by atoms with E-state index in [1.807, 2.05) is 25.1 Å². The fourth-order valence-electron chi connectivity index (χ4n) is 1.49. The van der Waals surface area contributed by atoms with Gasteiger partial charge in [0, 0.05) is 0 Å². The Morgan fingerprint density at radius 2 is 2.14 bits per heavy atom. The predicted molar refractivity (Wildman–Crippen MR) is 56.5 cm³/mol. The van der Waals surface area contributed by atoms with Gasteiger partial charge in [0.05, 0.1) is 12.7 Å². The molecule has 0 saturated carbocycles. The van der Waals surface area contributed by atoms with Gasteiger partial charge < -0.3 is 4.74 Å². The molecular formula is C12H16O2. The van der Waals surface area contributed by atoms with Gasteiger partial charge in [0.1, 0.15) is 0 Å². The molecule has 0 heterocycles. The van der Waals surface area contributed by atoms with Gasteiger partial charge in [-0.15, -0.1) is 0 Å². The van der Waals surface area contributed by atoms with Gasteiger partial charge in [-0.1, -0.05) is 19.4 Å². The number of carbonyl (C=O) groups excluding carboxylic acids is 1. The SMILES string of the molecule is CCCc1ccc(C(=O)OC)cc1C. The summed E-state index contributed by atoms with van der Waals surface area (Å²) in [5.74, 6) is -0.267. The highest BCUT2D eigenvalue weighted by Crippen LogP contribution is 2.13. The molecule has 1 aromatic carbocycles. The molecule has 0 bridgehead atoms. The van der Waals surface area contributed by atoms with Crippen molar-refractivity contribution in [2.24, 2.45) is 0 Å². The molecule has 2 nitrogen and oxygen atoms in total. The average molecular weight is 192 g/mol. The van der Waals surface area contributed by atoms with E-state index in [9.17, 15) is 4.79 Å². The highest BCUT2D eigenvalue weighted by molar-refractivity contribution is 5.89. The molecule has 2 heteroatoms. The number of aryl methyl sites for hydroxylation is 2. The number of hydrogen-bond donors (Lipinski definition) is 0. The lowest BCUT2D eigenvalue weighted by molar-refractivity contribution is 0.0600. The van der Waals surface area contributed by atoms with Crippen molar-refractivity contribution < 1.29 is 9.53 Å². The van der Waals surface area contributed by atoms with Crippen LogP contribution < -0.4 is 0 Å². The first-order valence-corrected chi connectivity index (χ1v) is 4.87. The van der Waals surface area contributed by atoms with Gasteiger partial charge in [-0.05, 0) is 36.6 Å². The third-order valence-electron chi connectivity index (χ3n) is 2.28. The minimum atomic E-state index is -0.267. The number of carbonyl (C=O) groups is 1. The lowest BCUT2D eigenvalue weighted by Gasteiger charge is -2.06. The zero-order valence-corrected chi connectivity index (χ0v) is 8.96. The molecular weight excluding hydrogens is 176 g/mol. The fourth-order valence-corrected chi connectivity index (χ4v) is 1.49. The second-order valence-electron chi connectivity index (χ2n) is 3.38. The summed E-state index contributed by atoms with van der Waals surface area (Å²) < 4.78 is 4.65. The zero-order valence-electron chi connectivity index (χ0n) is 8.96. The summed E-state index contributed by atoms with van der Waals surface area (Å²) in [5.41, 5.74) is 3.10. The summed E-state index contributed by atoms with van der Waals surface area (Å²) in [6, 6.07) is 5.71. The van der Waals surface area contributed by atoms with Crippen LogP contribution in [0.1, 0.15) is 34.8 Å². The summed E-state index contributed by atoms with van der Waals surface area (Å²) in [7, 11) is 1.40. The van der Waals surface area contributed by atoms with E-state index in [4.69, 9.17) is 0 Å². The smallest absolute Gasteiger partial charge is 0.337 e. The van der Waals surface area contributed by atoms with Crippen LogP contribution in [0.25, 0.3) is 0 Å². The third-order valence-corrected chi connectivity index (χ3v) is 2.28. The summed E-state index contributed by atoms with van der Waals surface area (Å²) in [4.78, 5) is 11.2. The first-order chi connectivity index (χ1) is 6.69. The minimum absolute atomic E-state index is 0.267. The van der Waals surface area contributed by atoms with Crippen molar-refractivity contribution in [3.05, 3.63) is 34.9 Å². The maximum absolute atomic E-state index is 11.2. The number of benzene rings is 1. The van der Waals surface area contributed by atoms with E-state index >= 15 is 0 Å². The first-order valence-electron chi connectivity index (χ1n) is 4.87. The molecule has 14 heavy (non-hydrogen) atoms. The molecule has 0 aromatic heterocycles. The molecule has 76 valence electrons. The van der Waals surface area contributed by atoms with Gasteiger partial charge in [-0.3, -0.25) is 0 Å². The lowest BCUT2D eigenvalue weighted by atomic mass is 10.0. The van der Waals surface area contributed by atoms with Crippen LogP contribution in [0.15, 0.2) is 18.2 Å². The molecule has 0 atom stereocenters. The third kappa shape index (κ3) is 2.34. The van der Waals surface area contributed by atoms with Gasteiger partial charge in [-0.2, -0.15) is 0 Å². The van der Waals surface area contributed by atoms with Crippen molar-refractivity contribution in [3.63, 3.8) is 0 Å². The van der Waals surface area contributed by atoms with E-state index in [1.165, 1.54) is 12.7 Å². The van der Waals surface area contributed by atoms with Gasteiger partial charge in [-0.25, -0.2) is 4.79 Å². The van der Waals surface area contributed by atoms with Crippen LogP contribution >= 0.6 is 0 Å². The minimum Gasteiger partial charge on any atom is -0.465 e. The Hall–Kier alpha value is -1.31. The second kappa shape index (κ2) is 4.80. The molecule has 0 saturated heterocycles. The van der Waals surface area contributed by atoms with Crippen molar-refractivity contribution in [1.82, 2.24) is 0 Å². The summed E-state index contributed by atoms with van der Waals surface area (Å²) in [6.45, 7) is 4.17. The monoisotopic (exact) mass is 192 g/mol. The van der Waals surface area contributed by atoms with Crippen LogP contribution in [0.5, 0.6) is 0 Å². The van der Waals surface area contributed by atoms with E-state index in [0.717, 1.165) is 18.4 Å². The van der Waals surface area contributed by atoms with E-state index in [2.05, 4.69) is 11.7 Å². The maximum atomic E-state index is 11.2. The zero-order chi connectivity index (χ0) is 10.6. The molecule has 0 fully saturated rings. The van der Waals surface area contributed by atoms with E-state index < -0.39 is 0 Å². The first kappa shape index (κ1) is 10.8. The summed E-state index contributed by atoms with van der Waals surface area (Å²) in [6.07, 6.45) is 2.19. The van der Waals surface area contributed by atoms with Crippen molar-refractivity contribution in [3.8, 4) is 0 Å². The standard InChI is InChI=1S/C12H16O2/c1-4-5-10-6-7-11(8-9(10)2)12(13)14-3/h6-8H,4-5H2,1-3H3. The quantitative estimate of drug-likeness (QED) is 0.688. The molecule has 1 aromatic rings. The van der Waals surface area contributed by atoms with Crippen molar-refractivity contribution in [2.75, 3.05) is 7.11 Å². The Morgan fingerprint density at radius 1 is 1.43 bits per heavy atom. The predicted octanol–water partition coefficient (Wildman–Crippen LogP) is 2.73. The summed E-state index contributed by atoms with van der Waals surface area (Å²) >= 11 is 0. The molecule has 0 amide bonds. The average Bonchev–Trinajstić information content (AvgIpc) is 2.20. The Balaban J connectivity index is 2.94. The van der Waals surface area contributed by atoms with Gasteiger partial charge in [0.2, 0.25) is 0 Å². The van der Waals surface area contributed by atoms with E-state index in [0.29, 0.717) is 5.56 Å². The highest BCUT2D eigenvalue weighted by Gasteiger charge is 2.06. The Labute approximate surface area is 84.9 Å². The van der Waals surface area contributed by atoms with Crippen LogP contribution in [-0.4, -0.2) is 13.1 Å². The largest absolute Gasteiger partial charge is 0.465 e. The number of rotatable bonds is 3. The normalized spacial score (nSPS) is 9.93. The number of esters is 1. The number of ether oxygens (including phenoxy) is 1. The van der Waals surface area contributed by atoms with E-state index in [-0.39, 0.29) is 5.97 Å². The van der Waals surface area contributed by atoms with Crippen LogP contribution in [0.2, 0.25) is 0 Å². The van der Waals surface area contributed by atoms with Crippen molar-refractivity contribution in [1.29, 1.82) is 0 Å². The van der Waals surface area contributed by atoms with Gasteiger partial charge in [0.15, 0.2) is 0 Å². The van der Waals surface area contributed by atoms with Gasteiger partial charge >= 0.3 is 5.97 Å². The molecule has 0 aliphatic rings. The fraction of sp³-hybridized carbons (Fsp3) is 0.417. The maximum Gasteiger partial charge on any atom is 0.337 e. The molecule has 0 aliphatic carbocycles.